The van der Waals surface area contributed by atoms with E-state index in [1.165, 1.54) is 28.3 Å². The Bertz CT molecular complexity index is 558. The number of ether oxygens (including phenoxy) is 1. The number of benzene rings is 2. The van der Waals surface area contributed by atoms with Crippen LogP contribution in [0.4, 0.5) is 0 Å². The Hall–Kier alpha value is -0.860. The van der Waals surface area contributed by atoms with Gasteiger partial charge in [-0.05, 0) is 41.7 Å². The quantitative estimate of drug-likeness (QED) is 0.727. The summed E-state index contributed by atoms with van der Waals surface area (Å²) in [7, 11) is 0. The van der Waals surface area contributed by atoms with Crippen molar-refractivity contribution in [3.8, 4) is 0 Å². The van der Waals surface area contributed by atoms with Gasteiger partial charge in [-0.1, -0.05) is 52.3 Å². The third-order valence-electron chi connectivity index (χ3n) is 3.76. The molecular formula is C16H17BrO. The van der Waals surface area contributed by atoms with Crippen molar-refractivity contribution >= 4 is 26.7 Å². The monoisotopic (exact) mass is 304 g/mol. The highest BCUT2D eigenvalue weighted by molar-refractivity contribution is 9.09. The van der Waals surface area contributed by atoms with Gasteiger partial charge in [0.15, 0.2) is 0 Å². The molecule has 2 atom stereocenters. The first-order chi connectivity index (χ1) is 8.77. The van der Waals surface area contributed by atoms with Crippen LogP contribution in [0.3, 0.4) is 0 Å². The SMILES string of the molecule is Cc1ccc2ccccc2c1C(Br)C1CCCO1. The van der Waals surface area contributed by atoms with Gasteiger partial charge in [0.2, 0.25) is 0 Å². The minimum absolute atomic E-state index is 0.297. The van der Waals surface area contributed by atoms with E-state index in [1.807, 2.05) is 0 Å². The van der Waals surface area contributed by atoms with Crippen molar-refractivity contribution in [1.29, 1.82) is 0 Å². The highest BCUT2D eigenvalue weighted by Gasteiger charge is 2.27. The number of hydrogen-bond acceptors (Lipinski definition) is 1. The lowest BCUT2D eigenvalue weighted by Gasteiger charge is -2.21. The van der Waals surface area contributed by atoms with Gasteiger partial charge in [-0.15, -0.1) is 0 Å². The van der Waals surface area contributed by atoms with Crippen LogP contribution in [0.2, 0.25) is 0 Å². The number of alkyl halides is 1. The molecule has 1 aliphatic rings. The first-order valence-electron chi connectivity index (χ1n) is 6.51. The van der Waals surface area contributed by atoms with Gasteiger partial charge in [0.1, 0.15) is 0 Å². The van der Waals surface area contributed by atoms with Crippen molar-refractivity contribution in [2.45, 2.75) is 30.7 Å². The Balaban J connectivity index is 2.11. The van der Waals surface area contributed by atoms with E-state index in [0.29, 0.717) is 10.9 Å². The molecule has 2 aromatic carbocycles. The molecule has 0 aromatic heterocycles. The number of fused-ring (bicyclic) bond motifs is 1. The first kappa shape index (κ1) is 12.2. The summed E-state index contributed by atoms with van der Waals surface area (Å²) in [4.78, 5) is 0.297. The van der Waals surface area contributed by atoms with E-state index in [1.54, 1.807) is 0 Å². The highest BCUT2D eigenvalue weighted by atomic mass is 79.9. The number of rotatable bonds is 2. The van der Waals surface area contributed by atoms with E-state index >= 15 is 0 Å². The van der Waals surface area contributed by atoms with Crippen molar-refractivity contribution < 1.29 is 4.74 Å². The minimum Gasteiger partial charge on any atom is -0.377 e. The predicted molar refractivity (Wildman–Crippen MR) is 79.3 cm³/mol. The molecule has 1 fully saturated rings. The van der Waals surface area contributed by atoms with Gasteiger partial charge in [-0.3, -0.25) is 0 Å². The van der Waals surface area contributed by atoms with Crippen molar-refractivity contribution in [2.24, 2.45) is 0 Å². The molecule has 2 aromatic rings. The summed E-state index contributed by atoms with van der Waals surface area (Å²) in [6.45, 7) is 3.08. The standard InChI is InChI=1S/C16H17BrO/c1-11-8-9-12-5-2-3-6-13(12)15(11)16(17)14-7-4-10-18-14/h2-3,5-6,8-9,14,16H,4,7,10H2,1H3. The maximum Gasteiger partial charge on any atom is 0.0742 e. The summed E-state index contributed by atoms with van der Waals surface area (Å²) < 4.78 is 5.83. The molecular weight excluding hydrogens is 288 g/mol. The van der Waals surface area contributed by atoms with Gasteiger partial charge < -0.3 is 4.74 Å². The van der Waals surface area contributed by atoms with Gasteiger partial charge in [0, 0.05) is 6.61 Å². The van der Waals surface area contributed by atoms with Gasteiger partial charge >= 0.3 is 0 Å². The predicted octanol–water partition coefficient (Wildman–Crippen LogP) is 4.76. The fourth-order valence-electron chi connectivity index (χ4n) is 2.79. The highest BCUT2D eigenvalue weighted by Crippen LogP contribution is 2.39. The molecule has 0 amide bonds. The average Bonchev–Trinajstić information content (AvgIpc) is 2.92. The van der Waals surface area contributed by atoms with Crippen molar-refractivity contribution in [3.63, 3.8) is 0 Å². The molecule has 2 unspecified atom stereocenters. The number of aryl methyl sites for hydroxylation is 1. The van der Waals surface area contributed by atoms with Crippen LogP contribution in [0, 0.1) is 6.92 Å². The summed E-state index contributed by atoms with van der Waals surface area (Å²) in [6.07, 6.45) is 2.64. The summed E-state index contributed by atoms with van der Waals surface area (Å²) in [6, 6.07) is 13.0. The maximum absolute atomic E-state index is 5.83. The van der Waals surface area contributed by atoms with Crippen molar-refractivity contribution in [2.75, 3.05) is 6.61 Å². The zero-order chi connectivity index (χ0) is 12.5. The molecule has 18 heavy (non-hydrogen) atoms. The summed E-state index contributed by atoms with van der Waals surface area (Å²) in [5.74, 6) is 0. The smallest absolute Gasteiger partial charge is 0.0742 e. The molecule has 0 bridgehead atoms. The van der Waals surface area contributed by atoms with Crippen LogP contribution in [0.25, 0.3) is 10.8 Å². The van der Waals surface area contributed by atoms with E-state index < -0.39 is 0 Å². The third kappa shape index (κ3) is 2.08. The van der Waals surface area contributed by atoms with Crippen LogP contribution in [0.5, 0.6) is 0 Å². The molecule has 2 heteroatoms. The van der Waals surface area contributed by atoms with Gasteiger partial charge in [0.25, 0.3) is 0 Å². The molecule has 0 N–H and O–H groups in total. The van der Waals surface area contributed by atoms with Crippen LogP contribution in [-0.2, 0) is 4.74 Å². The fraction of sp³-hybridized carbons (Fsp3) is 0.375. The molecule has 94 valence electrons. The molecule has 0 radical (unpaired) electrons. The number of halogens is 1. The maximum atomic E-state index is 5.83. The summed E-state index contributed by atoms with van der Waals surface area (Å²) in [5, 5.41) is 2.65. The normalized spacial score (nSPS) is 21.3. The van der Waals surface area contributed by atoms with Gasteiger partial charge in [-0.2, -0.15) is 0 Å². The molecule has 1 heterocycles. The van der Waals surface area contributed by atoms with Crippen LogP contribution >= 0.6 is 15.9 Å². The largest absolute Gasteiger partial charge is 0.377 e. The fourth-order valence-corrected chi connectivity index (χ4v) is 3.81. The van der Waals surface area contributed by atoms with Crippen molar-refractivity contribution in [1.82, 2.24) is 0 Å². The van der Waals surface area contributed by atoms with E-state index in [2.05, 4.69) is 59.3 Å². The Kier molecular flexibility index (Phi) is 3.40. The van der Waals surface area contributed by atoms with E-state index in [9.17, 15) is 0 Å². The Labute approximate surface area is 116 Å². The van der Waals surface area contributed by atoms with Crippen LogP contribution in [-0.4, -0.2) is 12.7 Å². The van der Waals surface area contributed by atoms with Crippen molar-refractivity contribution in [3.05, 3.63) is 47.5 Å². The topological polar surface area (TPSA) is 9.23 Å². The average molecular weight is 305 g/mol. The van der Waals surface area contributed by atoms with Gasteiger partial charge in [0.05, 0.1) is 10.9 Å². The molecule has 1 saturated heterocycles. The second-order valence-electron chi connectivity index (χ2n) is 4.97. The Morgan fingerprint density at radius 3 is 2.83 bits per heavy atom. The van der Waals surface area contributed by atoms with E-state index in [-0.39, 0.29) is 0 Å². The first-order valence-corrected chi connectivity index (χ1v) is 7.43. The molecule has 0 saturated carbocycles. The lowest BCUT2D eigenvalue weighted by Crippen LogP contribution is -2.13. The third-order valence-corrected chi connectivity index (χ3v) is 4.80. The lowest BCUT2D eigenvalue weighted by atomic mass is 9.94. The molecule has 1 aliphatic heterocycles. The summed E-state index contributed by atoms with van der Waals surface area (Å²) >= 11 is 3.86. The van der Waals surface area contributed by atoms with E-state index in [4.69, 9.17) is 4.74 Å². The van der Waals surface area contributed by atoms with Crippen LogP contribution < -0.4 is 0 Å². The Morgan fingerprint density at radius 2 is 2.06 bits per heavy atom. The van der Waals surface area contributed by atoms with Crippen LogP contribution in [0.15, 0.2) is 36.4 Å². The number of hydrogen-bond donors (Lipinski definition) is 0. The molecule has 3 rings (SSSR count). The van der Waals surface area contributed by atoms with E-state index in [0.717, 1.165) is 13.0 Å². The summed E-state index contributed by atoms with van der Waals surface area (Å²) in [5.41, 5.74) is 2.73. The second kappa shape index (κ2) is 5.02. The van der Waals surface area contributed by atoms with Crippen LogP contribution in [0.1, 0.15) is 28.8 Å². The molecule has 0 aliphatic carbocycles. The molecule has 1 nitrogen and oxygen atoms in total. The lowest BCUT2D eigenvalue weighted by molar-refractivity contribution is 0.110. The zero-order valence-corrected chi connectivity index (χ0v) is 12.1. The van der Waals surface area contributed by atoms with Gasteiger partial charge in [-0.25, -0.2) is 0 Å². The minimum atomic E-state index is 0.297. The second-order valence-corrected chi connectivity index (χ2v) is 5.96. The Morgan fingerprint density at radius 1 is 1.22 bits per heavy atom. The molecule has 0 spiro atoms. The zero-order valence-electron chi connectivity index (χ0n) is 10.5.